The van der Waals surface area contributed by atoms with Gasteiger partial charge in [0.1, 0.15) is 0 Å². The fourth-order valence-corrected chi connectivity index (χ4v) is 3.78. The van der Waals surface area contributed by atoms with Crippen LogP contribution in [-0.4, -0.2) is 35.0 Å². The van der Waals surface area contributed by atoms with Gasteiger partial charge in [0, 0.05) is 24.7 Å². The second-order valence-corrected chi connectivity index (χ2v) is 7.85. The lowest BCUT2D eigenvalue weighted by molar-refractivity contribution is -0.114. The smallest absolute Gasteiger partial charge is 0.249 e. The zero-order valence-electron chi connectivity index (χ0n) is 14.6. The maximum Gasteiger partial charge on any atom is 0.249 e. The van der Waals surface area contributed by atoms with E-state index in [1.807, 2.05) is 12.1 Å². The van der Waals surface area contributed by atoms with Crippen LogP contribution in [0.15, 0.2) is 47.5 Å². The van der Waals surface area contributed by atoms with Crippen LogP contribution in [0.5, 0.6) is 0 Å². The largest absolute Gasteiger partial charge is 0.293 e. The van der Waals surface area contributed by atoms with Gasteiger partial charge in [0.2, 0.25) is 21.9 Å². The molecule has 3 aromatic rings. The predicted molar refractivity (Wildman–Crippen MR) is 98.2 cm³/mol. The van der Waals surface area contributed by atoms with Crippen molar-refractivity contribution in [2.24, 2.45) is 0 Å². The summed E-state index contributed by atoms with van der Waals surface area (Å²) in [4.78, 5) is 15.5. The molecule has 3 rings (SSSR count). The van der Waals surface area contributed by atoms with E-state index in [0.29, 0.717) is 5.65 Å². The van der Waals surface area contributed by atoms with Crippen LogP contribution in [0.4, 0.5) is 5.95 Å². The lowest BCUT2D eigenvalue weighted by Gasteiger charge is -2.11. The molecule has 0 atom stereocenters. The lowest BCUT2D eigenvalue weighted by Crippen LogP contribution is -2.30. The molecule has 2 aromatic heterocycles. The molecule has 9 heteroatoms. The summed E-state index contributed by atoms with van der Waals surface area (Å²) in [5.41, 5.74) is 2.08. The molecule has 0 aliphatic rings. The first kappa shape index (κ1) is 18.0. The summed E-state index contributed by atoms with van der Waals surface area (Å²) in [5.74, 6) is -0.0381. The highest BCUT2D eigenvalue weighted by molar-refractivity contribution is 7.89. The van der Waals surface area contributed by atoms with Crippen molar-refractivity contribution in [2.75, 3.05) is 5.32 Å². The average molecular weight is 373 g/mol. The van der Waals surface area contributed by atoms with Crippen LogP contribution in [0.3, 0.4) is 0 Å². The first-order valence-corrected chi connectivity index (χ1v) is 9.50. The topological polar surface area (TPSA) is 105 Å². The Hall–Kier alpha value is -2.78. The number of aromatic nitrogens is 3. The molecule has 1 amide bonds. The van der Waals surface area contributed by atoms with Gasteiger partial charge in [-0.2, -0.15) is 4.98 Å². The van der Waals surface area contributed by atoms with Gasteiger partial charge < -0.3 is 0 Å². The van der Waals surface area contributed by atoms with E-state index in [9.17, 15) is 13.2 Å². The third kappa shape index (κ3) is 3.89. The van der Waals surface area contributed by atoms with Gasteiger partial charge in [-0.3, -0.25) is 10.1 Å². The number of carbonyl (C=O) groups is 1. The molecule has 136 valence electrons. The van der Waals surface area contributed by atoms with Crippen molar-refractivity contribution in [1.82, 2.24) is 19.3 Å². The minimum Gasteiger partial charge on any atom is -0.293 e. The summed E-state index contributed by atoms with van der Waals surface area (Å²) in [5, 5.41) is 6.72. The maximum atomic E-state index is 12.4. The summed E-state index contributed by atoms with van der Waals surface area (Å²) in [6, 6.07) is 10.1. The Morgan fingerprint density at radius 2 is 1.92 bits per heavy atom. The number of amides is 1. The van der Waals surface area contributed by atoms with Crippen LogP contribution in [0.2, 0.25) is 0 Å². The van der Waals surface area contributed by atoms with Crippen LogP contribution in [-0.2, 0) is 14.8 Å². The molecular weight excluding hydrogens is 354 g/mol. The highest BCUT2D eigenvalue weighted by atomic mass is 32.2. The molecule has 0 spiro atoms. The molecule has 1 aromatic carbocycles. The first-order chi connectivity index (χ1) is 12.2. The number of sulfonamides is 1. The molecule has 2 heterocycles. The third-order valence-corrected chi connectivity index (χ3v) is 5.14. The third-order valence-electron chi connectivity index (χ3n) is 3.49. The Labute approximate surface area is 151 Å². The highest BCUT2D eigenvalue weighted by Crippen LogP contribution is 2.23. The van der Waals surface area contributed by atoms with Gasteiger partial charge in [0.15, 0.2) is 5.65 Å². The lowest BCUT2D eigenvalue weighted by atomic mass is 10.1. The van der Waals surface area contributed by atoms with E-state index < -0.39 is 10.0 Å². The number of nitrogens with one attached hydrogen (secondary N) is 2. The Bertz CT molecular complexity index is 1070. The van der Waals surface area contributed by atoms with Crippen molar-refractivity contribution in [3.8, 4) is 11.1 Å². The summed E-state index contributed by atoms with van der Waals surface area (Å²) < 4.78 is 28.8. The molecule has 0 bridgehead atoms. The van der Waals surface area contributed by atoms with Crippen LogP contribution >= 0.6 is 0 Å². The standard InChI is InChI=1S/C17H19N5O3S/c1-11(2)21-26(24,25)15-6-4-5-13(9-15)14-7-8-16-19-17(18-12(3)23)20-22(16)10-14/h4-11,21H,1-3H3,(H,18,20,23). The molecule has 0 saturated heterocycles. The monoisotopic (exact) mass is 373 g/mol. The molecule has 8 nitrogen and oxygen atoms in total. The van der Waals surface area contributed by atoms with Crippen molar-refractivity contribution in [3.63, 3.8) is 0 Å². The van der Waals surface area contributed by atoms with Crippen molar-refractivity contribution in [2.45, 2.75) is 31.7 Å². The normalized spacial score (nSPS) is 11.8. The molecule has 0 aliphatic carbocycles. The summed E-state index contributed by atoms with van der Waals surface area (Å²) in [6.45, 7) is 4.92. The summed E-state index contributed by atoms with van der Waals surface area (Å²) in [7, 11) is -3.57. The van der Waals surface area contributed by atoms with Gasteiger partial charge in [-0.1, -0.05) is 12.1 Å². The molecule has 0 fully saturated rings. The van der Waals surface area contributed by atoms with Gasteiger partial charge in [-0.05, 0) is 43.7 Å². The van der Waals surface area contributed by atoms with Gasteiger partial charge in [-0.15, -0.1) is 5.10 Å². The van der Waals surface area contributed by atoms with Gasteiger partial charge in [0.25, 0.3) is 0 Å². The van der Waals surface area contributed by atoms with Gasteiger partial charge >= 0.3 is 0 Å². The molecule has 0 radical (unpaired) electrons. The van der Waals surface area contributed by atoms with E-state index in [2.05, 4.69) is 20.1 Å². The number of benzene rings is 1. The van der Waals surface area contributed by atoms with E-state index in [4.69, 9.17) is 0 Å². The maximum absolute atomic E-state index is 12.4. The van der Waals surface area contributed by atoms with Gasteiger partial charge in [0.05, 0.1) is 4.90 Å². The number of fused-ring (bicyclic) bond motifs is 1. The Morgan fingerprint density at radius 3 is 2.62 bits per heavy atom. The minimum absolute atomic E-state index is 0.192. The molecule has 0 unspecified atom stereocenters. The highest BCUT2D eigenvalue weighted by Gasteiger charge is 2.16. The van der Waals surface area contributed by atoms with Crippen molar-refractivity contribution >= 4 is 27.5 Å². The molecular formula is C17H19N5O3S. The van der Waals surface area contributed by atoms with E-state index >= 15 is 0 Å². The fraction of sp³-hybridized carbons (Fsp3) is 0.235. The van der Waals surface area contributed by atoms with E-state index in [1.54, 1.807) is 44.3 Å². The first-order valence-electron chi connectivity index (χ1n) is 8.01. The minimum atomic E-state index is -3.57. The number of anilines is 1. The van der Waals surface area contributed by atoms with Crippen LogP contribution < -0.4 is 10.0 Å². The zero-order chi connectivity index (χ0) is 18.9. The van der Waals surface area contributed by atoms with Crippen molar-refractivity contribution < 1.29 is 13.2 Å². The molecule has 2 N–H and O–H groups in total. The number of hydrogen-bond donors (Lipinski definition) is 2. The second-order valence-electron chi connectivity index (χ2n) is 6.14. The Kier molecular flexibility index (Phi) is 4.75. The molecule has 0 aliphatic heterocycles. The SMILES string of the molecule is CC(=O)Nc1nc2ccc(-c3cccc(S(=O)(=O)NC(C)C)c3)cn2n1. The molecule has 26 heavy (non-hydrogen) atoms. The van der Waals surface area contributed by atoms with Crippen molar-refractivity contribution in [3.05, 3.63) is 42.6 Å². The van der Waals surface area contributed by atoms with Crippen LogP contribution in [0.1, 0.15) is 20.8 Å². The molecule has 0 saturated carbocycles. The van der Waals surface area contributed by atoms with Crippen LogP contribution in [0.25, 0.3) is 16.8 Å². The average Bonchev–Trinajstić information content (AvgIpc) is 2.94. The number of carbonyl (C=O) groups excluding carboxylic acids is 1. The van der Waals surface area contributed by atoms with E-state index in [-0.39, 0.29) is 22.8 Å². The quantitative estimate of drug-likeness (QED) is 0.712. The number of nitrogens with zero attached hydrogens (tertiary/aromatic N) is 3. The summed E-state index contributed by atoms with van der Waals surface area (Å²) >= 11 is 0. The van der Waals surface area contributed by atoms with Crippen LogP contribution in [0, 0.1) is 0 Å². The fourth-order valence-electron chi connectivity index (χ4n) is 2.49. The number of hydrogen-bond acceptors (Lipinski definition) is 5. The predicted octanol–water partition coefficient (Wildman–Crippen LogP) is 2.04. The van der Waals surface area contributed by atoms with Crippen molar-refractivity contribution in [1.29, 1.82) is 0 Å². The second kappa shape index (κ2) is 6.85. The zero-order valence-corrected chi connectivity index (χ0v) is 15.4. The number of rotatable bonds is 5. The summed E-state index contributed by atoms with van der Waals surface area (Å²) in [6.07, 6.45) is 1.73. The Balaban J connectivity index is 1.98. The van der Waals surface area contributed by atoms with E-state index in [0.717, 1.165) is 11.1 Å². The Morgan fingerprint density at radius 1 is 1.15 bits per heavy atom. The number of pyridine rings is 1. The van der Waals surface area contributed by atoms with E-state index in [1.165, 1.54) is 11.4 Å². The van der Waals surface area contributed by atoms with Gasteiger partial charge in [-0.25, -0.2) is 17.7 Å².